The number of hydrogen-bond donors (Lipinski definition) is 0. The maximum atomic E-state index is 11.7. The van der Waals surface area contributed by atoms with Crippen molar-refractivity contribution in [2.45, 2.75) is 18.3 Å². The minimum atomic E-state index is -0.737. The summed E-state index contributed by atoms with van der Waals surface area (Å²) in [4.78, 5) is 23.1. The fourth-order valence-corrected chi connectivity index (χ4v) is 2.05. The molecule has 3 aliphatic rings. The molecule has 3 rings (SSSR count). The summed E-state index contributed by atoms with van der Waals surface area (Å²) in [6.45, 7) is 0. The van der Waals surface area contributed by atoms with Crippen LogP contribution in [0.2, 0.25) is 0 Å². The molecular weight excluding hydrogens is 184 g/mol. The number of hydrogen-bond acceptors (Lipinski definition) is 4. The smallest absolute Gasteiger partial charge is 0.190 e. The highest BCUT2D eigenvalue weighted by Crippen LogP contribution is 2.32. The number of carbonyl (C=O) groups excluding carboxylic acids is 2. The lowest BCUT2D eigenvalue weighted by atomic mass is 9.83. The van der Waals surface area contributed by atoms with Gasteiger partial charge in [-0.1, -0.05) is 6.08 Å². The van der Waals surface area contributed by atoms with Gasteiger partial charge in [0.05, 0.1) is 18.3 Å². The largest absolute Gasteiger partial charge is 0.487 e. The van der Waals surface area contributed by atoms with Gasteiger partial charge in [-0.05, 0) is 12.2 Å². The van der Waals surface area contributed by atoms with Gasteiger partial charge in [0.1, 0.15) is 0 Å². The van der Waals surface area contributed by atoms with Gasteiger partial charge in [-0.15, -0.1) is 0 Å². The van der Waals surface area contributed by atoms with Crippen molar-refractivity contribution in [3.63, 3.8) is 0 Å². The van der Waals surface area contributed by atoms with E-state index in [0.29, 0.717) is 0 Å². The molecule has 0 spiro atoms. The minimum Gasteiger partial charge on any atom is -0.487 e. The summed E-state index contributed by atoms with van der Waals surface area (Å²) in [5.74, 6) is -0.519. The Morgan fingerprint density at radius 2 is 2.00 bits per heavy atom. The SMILES string of the molecule is O=C1C=C[C@@H]2O[C@H]1[C@@H]1OC=C[C@H]2C1=O. The van der Waals surface area contributed by atoms with Gasteiger partial charge in [0.2, 0.25) is 0 Å². The van der Waals surface area contributed by atoms with Gasteiger partial charge in [-0.25, -0.2) is 0 Å². The Labute approximate surface area is 80.2 Å². The summed E-state index contributed by atoms with van der Waals surface area (Å²) in [5.41, 5.74) is 0. The molecule has 0 aromatic heterocycles. The molecule has 0 amide bonds. The van der Waals surface area contributed by atoms with Crippen molar-refractivity contribution in [1.29, 1.82) is 0 Å². The summed E-state index contributed by atoms with van der Waals surface area (Å²) in [5, 5.41) is 0. The van der Waals surface area contributed by atoms with Crippen LogP contribution >= 0.6 is 0 Å². The van der Waals surface area contributed by atoms with Gasteiger partial charge >= 0.3 is 0 Å². The summed E-state index contributed by atoms with van der Waals surface area (Å²) in [7, 11) is 0. The summed E-state index contributed by atoms with van der Waals surface area (Å²) < 4.78 is 10.5. The Balaban J connectivity index is 2.10. The summed E-state index contributed by atoms with van der Waals surface area (Å²) >= 11 is 0. The van der Waals surface area contributed by atoms with Gasteiger partial charge in [-0.2, -0.15) is 0 Å². The number of fused-ring (bicyclic) bond motifs is 6. The molecule has 0 unspecified atom stereocenters. The van der Waals surface area contributed by atoms with E-state index in [9.17, 15) is 9.59 Å². The van der Waals surface area contributed by atoms with Crippen molar-refractivity contribution in [3.8, 4) is 0 Å². The van der Waals surface area contributed by atoms with Gasteiger partial charge in [0.15, 0.2) is 23.8 Å². The van der Waals surface area contributed by atoms with E-state index in [-0.39, 0.29) is 23.6 Å². The third-order valence-corrected chi connectivity index (χ3v) is 2.78. The van der Waals surface area contributed by atoms with E-state index in [0.717, 1.165) is 0 Å². The molecule has 0 aliphatic carbocycles. The normalized spacial score (nSPS) is 43.7. The predicted octanol–water partition coefficient (Wildman–Crippen LogP) is -0.00950. The molecule has 0 aromatic carbocycles. The van der Waals surface area contributed by atoms with Crippen LogP contribution in [0, 0.1) is 5.92 Å². The van der Waals surface area contributed by atoms with Gasteiger partial charge in [0.25, 0.3) is 0 Å². The van der Waals surface area contributed by atoms with E-state index in [1.807, 2.05) is 0 Å². The molecule has 3 heterocycles. The molecular formula is C10H8O4. The fourth-order valence-electron chi connectivity index (χ4n) is 2.05. The molecule has 0 radical (unpaired) electrons. The lowest BCUT2D eigenvalue weighted by Gasteiger charge is -2.40. The van der Waals surface area contributed by atoms with Gasteiger partial charge in [0, 0.05) is 0 Å². The maximum Gasteiger partial charge on any atom is 0.190 e. The third kappa shape index (κ3) is 0.861. The van der Waals surface area contributed by atoms with Crippen LogP contribution in [-0.2, 0) is 19.1 Å². The molecule has 3 aliphatic heterocycles. The van der Waals surface area contributed by atoms with Crippen LogP contribution in [0.1, 0.15) is 0 Å². The minimum absolute atomic E-state index is 0.0496. The first-order valence-corrected chi connectivity index (χ1v) is 4.51. The second kappa shape index (κ2) is 2.54. The van der Waals surface area contributed by atoms with Crippen molar-refractivity contribution in [2.75, 3.05) is 0 Å². The number of ether oxygens (including phenoxy) is 2. The van der Waals surface area contributed by atoms with Crippen LogP contribution in [0.25, 0.3) is 0 Å². The van der Waals surface area contributed by atoms with E-state index >= 15 is 0 Å². The van der Waals surface area contributed by atoms with E-state index < -0.39 is 12.2 Å². The molecule has 4 heteroatoms. The summed E-state index contributed by atoms with van der Waals surface area (Å²) in [6, 6.07) is 0. The highest BCUT2D eigenvalue weighted by Gasteiger charge is 2.50. The quantitative estimate of drug-likeness (QED) is 0.541. The second-order valence-corrected chi connectivity index (χ2v) is 3.60. The molecule has 14 heavy (non-hydrogen) atoms. The molecule has 0 saturated carbocycles. The molecule has 0 aromatic rings. The second-order valence-electron chi connectivity index (χ2n) is 3.60. The first-order chi connectivity index (χ1) is 6.77. The van der Waals surface area contributed by atoms with Crippen molar-refractivity contribution in [3.05, 3.63) is 24.5 Å². The average molecular weight is 192 g/mol. The lowest BCUT2D eigenvalue weighted by Crippen LogP contribution is -2.57. The summed E-state index contributed by atoms with van der Waals surface area (Å²) in [6.07, 6.45) is 4.53. The Hall–Kier alpha value is -1.42. The standard InChI is InChI=1S/C10H8O4/c11-6-1-2-7-5-3-4-13-10(8(5)12)9(6)14-7/h1-5,7,9-10H/t5-,7+,9-,10-/m1/s1. The molecule has 72 valence electrons. The van der Waals surface area contributed by atoms with E-state index in [1.54, 1.807) is 12.2 Å². The van der Waals surface area contributed by atoms with Gasteiger partial charge < -0.3 is 9.47 Å². The molecule has 0 N–H and O–H groups in total. The van der Waals surface area contributed by atoms with Crippen molar-refractivity contribution >= 4 is 11.6 Å². The van der Waals surface area contributed by atoms with Crippen molar-refractivity contribution < 1.29 is 19.1 Å². The molecule has 4 bridgehead atoms. The maximum absolute atomic E-state index is 11.7. The van der Waals surface area contributed by atoms with Gasteiger partial charge in [-0.3, -0.25) is 9.59 Å². The van der Waals surface area contributed by atoms with E-state index in [4.69, 9.17) is 9.47 Å². The Bertz CT molecular complexity index is 368. The molecule has 4 nitrogen and oxygen atoms in total. The zero-order chi connectivity index (χ0) is 9.71. The first kappa shape index (κ1) is 7.94. The first-order valence-electron chi connectivity index (χ1n) is 4.51. The Morgan fingerprint density at radius 1 is 1.14 bits per heavy atom. The van der Waals surface area contributed by atoms with Crippen LogP contribution in [0.5, 0.6) is 0 Å². The zero-order valence-corrected chi connectivity index (χ0v) is 7.25. The zero-order valence-electron chi connectivity index (χ0n) is 7.25. The van der Waals surface area contributed by atoms with Crippen LogP contribution in [0.4, 0.5) is 0 Å². The van der Waals surface area contributed by atoms with E-state index in [1.165, 1.54) is 12.3 Å². The van der Waals surface area contributed by atoms with Crippen LogP contribution in [0.3, 0.4) is 0 Å². The number of carbonyl (C=O) groups is 2. The highest BCUT2D eigenvalue weighted by atomic mass is 16.6. The highest BCUT2D eigenvalue weighted by molar-refractivity contribution is 6.02. The number of Topliss-reactive ketones (excluding diaryl/α,β-unsaturated/α-hetero) is 1. The third-order valence-electron chi connectivity index (χ3n) is 2.78. The predicted molar refractivity (Wildman–Crippen MR) is 45.3 cm³/mol. The van der Waals surface area contributed by atoms with Crippen molar-refractivity contribution in [1.82, 2.24) is 0 Å². The molecule has 4 atom stereocenters. The van der Waals surface area contributed by atoms with E-state index in [2.05, 4.69) is 0 Å². The van der Waals surface area contributed by atoms with Crippen LogP contribution in [0.15, 0.2) is 24.5 Å². The average Bonchev–Trinajstić information content (AvgIpc) is 2.17. The molecule has 1 fully saturated rings. The fraction of sp³-hybridized carbons (Fsp3) is 0.400. The van der Waals surface area contributed by atoms with Crippen LogP contribution < -0.4 is 0 Å². The van der Waals surface area contributed by atoms with Crippen molar-refractivity contribution in [2.24, 2.45) is 5.92 Å². The Kier molecular flexibility index (Phi) is 1.44. The molecule has 1 saturated heterocycles. The monoisotopic (exact) mass is 192 g/mol. The topological polar surface area (TPSA) is 52.6 Å². The number of ketones is 2. The Morgan fingerprint density at radius 3 is 2.86 bits per heavy atom. The number of rotatable bonds is 0. The van der Waals surface area contributed by atoms with Crippen LogP contribution in [-0.4, -0.2) is 29.9 Å². The lowest BCUT2D eigenvalue weighted by molar-refractivity contribution is -0.172.